The minimum absolute atomic E-state index is 0.241. The average molecular weight is 227 g/mol. The van der Waals surface area contributed by atoms with Gasteiger partial charge in [-0.15, -0.1) is 0 Å². The van der Waals surface area contributed by atoms with Crippen molar-refractivity contribution in [2.24, 2.45) is 5.73 Å². The van der Waals surface area contributed by atoms with Gasteiger partial charge in [0.25, 0.3) is 0 Å². The van der Waals surface area contributed by atoms with Crippen LogP contribution in [-0.2, 0) is 10.3 Å². The molecule has 0 aliphatic heterocycles. The fourth-order valence-corrected chi connectivity index (χ4v) is 1.72. The summed E-state index contributed by atoms with van der Waals surface area (Å²) < 4.78 is 10.9. The largest absolute Gasteiger partial charge is 0.367 e. The third-order valence-electron chi connectivity index (χ3n) is 2.80. The lowest BCUT2D eigenvalue weighted by molar-refractivity contribution is -0.0583. The molecule has 0 spiro atoms. The predicted molar refractivity (Wildman–Crippen MR) is 60.8 cm³/mol. The molecular weight excluding hydrogens is 206 g/mol. The summed E-state index contributed by atoms with van der Waals surface area (Å²) in [4.78, 5) is 4.31. The van der Waals surface area contributed by atoms with Crippen LogP contribution in [0.15, 0.2) is 4.52 Å². The SMILES string of the molecule is CCOC(CC)(CC)c1noc([C@@H](C)N)n1. The second-order valence-electron chi connectivity index (χ2n) is 3.88. The summed E-state index contributed by atoms with van der Waals surface area (Å²) >= 11 is 0. The van der Waals surface area contributed by atoms with Crippen LogP contribution in [0.2, 0.25) is 0 Å². The fourth-order valence-electron chi connectivity index (χ4n) is 1.72. The van der Waals surface area contributed by atoms with E-state index in [1.165, 1.54) is 0 Å². The molecule has 0 aliphatic rings. The zero-order valence-electron chi connectivity index (χ0n) is 10.5. The molecule has 1 atom stereocenters. The summed E-state index contributed by atoms with van der Waals surface area (Å²) in [7, 11) is 0. The van der Waals surface area contributed by atoms with Crippen molar-refractivity contribution in [3.8, 4) is 0 Å². The van der Waals surface area contributed by atoms with E-state index in [1.807, 2.05) is 13.8 Å². The molecule has 5 nitrogen and oxygen atoms in total. The molecule has 5 heteroatoms. The van der Waals surface area contributed by atoms with Crippen molar-refractivity contribution in [1.82, 2.24) is 10.1 Å². The van der Waals surface area contributed by atoms with Crippen molar-refractivity contribution in [2.75, 3.05) is 6.61 Å². The van der Waals surface area contributed by atoms with E-state index in [-0.39, 0.29) is 6.04 Å². The molecular formula is C11H21N3O2. The molecule has 0 saturated carbocycles. The first-order valence-electron chi connectivity index (χ1n) is 5.83. The highest BCUT2D eigenvalue weighted by molar-refractivity contribution is 5.02. The lowest BCUT2D eigenvalue weighted by Crippen LogP contribution is -2.30. The highest BCUT2D eigenvalue weighted by atomic mass is 16.5. The van der Waals surface area contributed by atoms with Crippen molar-refractivity contribution in [2.45, 2.75) is 52.2 Å². The van der Waals surface area contributed by atoms with Crippen LogP contribution < -0.4 is 5.73 Å². The van der Waals surface area contributed by atoms with Gasteiger partial charge in [-0.1, -0.05) is 19.0 Å². The molecule has 0 aliphatic carbocycles. The van der Waals surface area contributed by atoms with Gasteiger partial charge in [0.1, 0.15) is 5.60 Å². The van der Waals surface area contributed by atoms with Gasteiger partial charge in [0, 0.05) is 6.61 Å². The monoisotopic (exact) mass is 227 g/mol. The van der Waals surface area contributed by atoms with Crippen LogP contribution in [0.3, 0.4) is 0 Å². The van der Waals surface area contributed by atoms with Gasteiger partial charge in [0.15, 0.2) is 0 Å². The average Bonchev–Trinajstić information content (AvgIpc) is 2.76. The Morgan fingerprint density at radius 2 is 2.00 bits per heavy atom. The van der Waals surface area contributed by atoms with Crippen LogP contribution in [0.4, 0.5) is 0 Å². The maximum absolute atomic E-state index is 5.78. The van der Waals surface area contributed by atoms with Crippen molar-refractivity contribution >= 4 is 0 Å². The molecule has 0 fully saturated rings. The van der Waals surface area contributed by atoms with Crippen molar-refractivity contribution in [3.63, 3.8) is 0 Å². The zero-order chi connectivity index (χ0) is 12.2. The maximum Gasteiger partial charge on any atom is 0.243 e. The van der Waals surface area contributed by atoms with Crippen LogP contribution in [0, 0.1) is 0 Å². The first-order chi connectivity index (χ1) is 7.59. The standard InChI is InChI=1S/C11H21N3O2/c1-5-11(6-2,15-7-3)10-13-9(8(4)12)16-14-10/h8H,5-7,12H2,1-4H3/t8-/m1/s1. The van der Waals surface area contributed by atoms with Gasteiger partial charge in [-0.25, -0.2) is 0 Å². The Kier molecular flexibility index (Phi) is 4.44. The molecule has 0 amide bonds. The molecule has 1 rings (SSSR count). The number of nitrogens with two attached hydrogens (primary N) is 1. The van der Waals surface area contributed by atoms with Gasteiger partial charge in [0.05, 0.1) is 6.04 Å². The van der Waals surface area contributed by atoms with Gasteiger partial charge >= 0.3 is 0 Å². The Morgan fingerprint density at radius 1 is 1.38 bits per heavy atom. The number of hydrogen-bond donors (Lipinski definition) is 1. The molecule has 0 bridgehead atoms. The first-order valence-corrected chi connectivity index (χ1v) is 5.83. The van der Waals surface area contributed by atoms with E-state index < -0.39 is 5.60 Å². The minimum Gasteiger partial charge on any atom is -0.367 e. The van der Waals surface area contributed by atoms with Crippen molar-refractivity contribution in [3.05, 3.63) is 11.7 Å². The second-order valence-corrected chi connectivity index (χ2v) is 3.88. The second kappa shape index (κ2) is 5.41. The fraction of sp³-hybridized carbons (Fsp3) is 0.818. The van der Waals surface area contributed by atoms with Crippen LogP contribution >= 0.6 is 0 Å². The quantitative estimate of drug-likeness (QED) is 0.805. The van der Waals surface area contributed by atoms with E-state index in [1.54, 1.807) is 0 Å². The van der Waals surface area contributed by atoms with Gasteiger partial charge < -0.3 is 15.0 Å². The first kappa shape index (κ1) is 13.1. The summed E-state index contributed by atoms with van der Waals surface area (Å²) in [6.45, 7) is 8.52. The highest BCUT2D eigenvalue weighted by Gasteiger charge is 2.34. The van der Waals surface area contributed by atoms with Crippen molar-refractivity contribution in [1.29, 1.82) is 0 Å². The topological polar surface area (TPSA) is 74.2 Å². The van der Waals surface area contributed by atoms with Crippen LogP contribution in [-0.4, -0.2) is 16.7 Å². The smallest absolute Gasteiger partial charge is 0.243 e. The molecule has 1 heterocycles. The van der Waals surface area contributed by atoms with Crippen LogP contribution in [0.5, 0.6) is 0 Å². The van der Waals surface area contributed by atoms with E-state index in [9.17, 15) is 0 Å². The Bertz CT molecular complexity index is 319. The molecule has 0 unspecified atom stereocenters. The molecule has 16 heavy (non-hydrogen) atoms. The predicted octanol–water partition coefficient (Wildman–Crippen LogP) is 2.14. The summed E-state index contributed by atoms with van der Waals surface area (Å²) in [6.07, 6.45) is 1.63. The number of hydrogen-bond acceptors (Lipinski definition) is 5. The van der Waals surface area contributed by atoms with E-state index in [4.69, 9.17) is 15.0 Å². The number of aromatic nitrogens is 2. The molecule has 2 N–H and O–H groups in total. The summed E-state index contributed by atoms with van der Waals surface area (Å²) in [5.41, 5.74) is 5.25. The van der Waals surface area contributed by atoms with E-state index in [2.05, 4.69) is 24.0 Å². The Hall–Kier alpha value is -0.940. The van der Waals surface area contributed by atoms with E-state index in [0.717, 1.165) is 12.8 Å². The molecule has 1 aromatic heterocycles. The minimum atomic E-state index is -0.439. The number of rotatable bonds is 6. The normalized spacial score (nSPS) is 14.1. The molecule has 0 radical (unpaired) electrons. The molecule has 0 saturated heterocycles. The molecule has 1 aromatic rings. The lowest BCUT2D eigenvalue weighted by atomic mass is 9.96. The third kappa shape index (κ3) is 2.41. The highest BCUT2D eigenvalue weighted by Crippen LogP contribution is 2.31. The van der Waals surface area contributed by atoms with Gasteiger partial charge in [-0.3, -0.25) is 0 Å². The van der Waals surface area contributed by atoms with E-state index in [0.29, 0.717) is 18.3 Å². The van der Waals surface area contributed by atoms with Crippen LogP contribution in [0.25, 0.3) is 0 Å². The lowest BCUT2D eigenvalue weighted by Gasteiger charge is -2.27. The molecule has 92 valence electrons. The number of nitrogens with zero attached hydrogens (tertiary/aromatic N) is 2. The Labute approximate surface area is 96.4 Å². The van der Waals surface area contributed by atoms with Gasteiger partial charge in [0.2, 0.25) is 11.7 Å². The van der Waals surface area contributed by atoms with Crippen LogP contribution in [0.1, 0.15) is 58.3 Å². The molecule has 0 aromatic carbocycles. The summed E-state index contributed by atoms with van der Waals surface area (Å²) in [6, 6.07) is -0.241. The van der Waals surface area contributed by atoms with Crippen molar-refractivity contribution < 1.29 is 9.26 Å². The maximum atomic E-state index is 5.78. The Balaban J connectivity index is 3.00. The van der Waals surface area contributed by atoms with E-state index >= 15 is 0 Å². The zero-order valence-corrected chi connectivity index (χ0v) is 10.5. The van der Waals surface area contributed by atoms with Gasteiger partial charge in [-0.2, -0.15) is 4.98 Å². The third-order valence-corrected chi connectivity index (χ3v) is 2.80. The summed E-state index contributed by atoms with van der Waals surface area (Å²) in [5.74, 6) is 1.06. The Morgan fingerprint density at radius 3 is 2.38 bits per heavy atom. The summed E-state index contributed by atoms with van der Waals surface area (Å²) in [5, 5.41) is 3.98. The van der Waals surface area contributed by atoms with Gasteiger partial charge in [-0.05, 0) is 26.7 Å². The number of ether oxygens (including phenoxy) is 1.